The molecule has 1 aliphatic heterocycles. The summed E-state index contributed by atoms with van der Waals surface area (Å²) in [6.07, 6.45) is 0.759. The predicted octanol–water partition coefficient (Wildman–Crippen LogP) is 5.10. The number of fused-ring (bicyclic) bond motifs is 3. The van der Waals surface area contributed by atoms with Crippen molar-refractivity contribution in [3.8, 4) is 17.2 Å². The van der Waals surface area contributed by atoms with E-state index in [1.165, 1.54) is 0 Å². The maximum absolute atomic E-state index is 13.2. The Kier molecular flexibility index (Phi) is 5.81. The number of amides is 1. The quantitative estimate of drug-likeness (QED) is 0.392. The fourth-order valence-corrected chi connectivity index (χ4v) is 4.21. The van der Waals surface area contributed by atoms with E-state index in [0.29, 0.717) is 13.1 Å². The Labute approximate surface area is 192 Å². The van der Waals surface area contributed by atoms with Crippen LogP contribution < -0.4 is 20.1 Å². The molecule has 3 aromatic carbocycles. The fraction of sp³-hybridized carbons (Fsp3) is 0.185. The SMILES string of the molecule is COc1cc(NCCCNC(=O)C2c3ccccc3Oc3ccccc32)nc2ccccc12. The number of carbonyl (C=O) groups is 1. The van der Waals surface area contributed by atoms with E-state index in [2.05, 4.69) is 15.6 Å². The number of carbonyl (C=O) groups excluding carboxylic acids is 1. The Balaban J connectivity index is 1.21. The van der Waals surface area contributed by atoms with Crippen LogP contribution in [-0.4, -0.2) is 31.1 Å². The van der Waals surface area contributed by atoms with Gasteiger partial charge in [-0.3, -0.25) is 4.79 Å². The van der Waals surface area contributed by atoms with Crippen molar-refractivity contribution >= 4 is 22.6 Å². The second-order valence-electron chi connectivity index (χ2n) is 7.91. The molecule has 1 aliphatic rings. The maximum atomic E-state index is 13.2. The lowest BCUT2D eigenvalue weighted by Crippen LogP contribution is -2.33. The summed E-state index contributed by atoms with van der Waals surface area (Å²) in [6.45, 7) is 1.23. The molecule has 166 valence electrons. The van der Waals surface area contributed by atoms with Gasteiger partial charge < -0.3 is 20.1 Å². The highest BCUT2D eigenvalue weighted by Crippen LogP contribution is 2.43. The first-order chi connectivity index (χ1) is 16.2. The molecule has 6 heteroatoms. The normalized spacial score (nSPS) is 12.4. The van der Waals surface area contributed by atoms with Crippen LogP contribution in [0.5, 0.6) is 17.2 Å². The highest BCUT2D eigenvalue weighted by atomic mass is 16.5. The summed E-state index contributed by atoms with van der Waals surface area (Å²) in [4.78, 5) is 17.8. The van der Waals surface area contributed by atoms with E-state index in [1.54, 1.807) is 7.11 Å². The zero-order valence-electron chi connectivity index (χ0n) is 18.4. The third-order valence-corrected chi connectivity index (χ3v) is 5.80. The Morgan fingerprint density at radius 3 is 2.33 bits per heavy atom. The molecule has 33 heavy (non-hydrogen) atoms. The first kappa shape index (κ1) is 20.8. The van der Waals surface area contributed by atoms with Crippen molar-refractivity contribution in [2.75, 3.05) is 25.5 Å². The Morgan fingerprint density at radius 1 is 0.939 bits per heavy atom. The zero-order chi connectivity index (χ0) is 22.6. The Bertz CT molecular complexity index is 1260. The molecule has 2 heterocycles. The summed E-state index contributed by atoms with van der Waals surface area (Å²) >= 11 is 0. The van der Waals surface area contributed by atoms with Crippen molar-refractivity contribution in [1.29, 1.82) is 0 Å². The molecule has 0 saturated carbocycles. The molecule has 0 spiro atoms. The first-order valence-electron chi connectivity index (χ1n) is 11.1. The third kappa shape index (κ3) is 4.20. The van der Waals surface area contributed by atoms with Crippen LogP contribution in [0.3, 0.4) is 0 Å². The van der Waals surface area contributed by atoms with Crippen LogP contribution >= 0.6 is 0 Å². The molecule has 1 amide bonds. The lowest BCUT2D eigenvalue weighted by molar-refractivity contribution is -0.121. The van der Waals surface area contributed by atoms with Crippen molar-refractivity contribution in [3.05, 3.63) is 90.0 Å². The number of nitrogens with zero attached hydrogens (tertiary/aromatic N) is 1. The number of para-hydroxylation sites is 3. The van der Waals surface area contributed by atoms with Gasteiger partial charge in [-0.2, -0.15) is 0 Å². The summed E-state index contributed by atoms with van der Waals surface area (Å²) in [6, 6.07) is 25.2. The average molecular weight is 440 g/mol. The molecule has 1 aromatic heterocycles. The van der Waals surface area contributed by atoms with E-state index < -0.39 is 0 Å². The van der Waals surface area contributed by atoms with Gasteiger partial charge in [-0.25, -0.2) is 4.98 Å². The van der Waals surface area contributed by atoms with Gasteiger partial charge in [0.2, 0.25) is 5.91 Å². The number of rotatable bonds is 7. The average Bonchev–Trinajstić information content (AvgIpc) is 2.86. The van der Waals surface area contributed by atoms with Gasteiger partial charge in [0.1, 0.15) is 23.1 Å². The Morgan fingerprint density at radius 2 is 1.61 bits per heavy atom. The summed E-state index contributed by atoms with van der Waals surface area (Å²) < 4.78 is 11.5. The molecule has 0 atom stereocenters. The molecule has 0 saturated heterocycles. The van der Waals surface area contributed by atoms with E-state index in [1.807, 2.05) is 78.9 Å². The smallest absolute Gasteiger partial charge is 0.232 e. The van der Waals surface area contributed by atoms with Crippen molar-refractivity contribution in [1.82, 2.24) is 10.3 Å². The van der Waals surface area contributed by atoms with E-state index in [9.17, 15) is 4.79 Å². The largest absolute Gasteiger partial charge is 0.496 e. The molecule has 0 unspecified atom stereocenters. The highest BCUT2D eigenvalue weighted by Gasteiger charge is 2.32. The third-order valence-electron chi connectivity index (χ3n) is 5.80. The highest BCUT2D eigenvalue weighted by molar-refractivity contribution is 5.89. The molecular formula is C27H25N3O3. The summed E-state index contributed by atoms with van der Waals surface area (Å²) in [5, 5.41) is 7.41. The number of aromatic nitrogens is 1. The van der Waals surface area contributed by atoms with Crippen molar-refractivity contribution in [3.63, 3.8) is 0 Å². The monoisotopic (exact) mass is 439 g/mol. The van der Waals surface area contributed by atoms with Crippen molar-refractivity contribution in [2.24, 2.45) is 0 Å². The Hall–Kier alpha value is -4.06. The summed E-state index contributed by atoms with van der Waals surface area (Å²) in [7, 11) is 1.66. The molecule has 0 fully saturated rings. The van der Waals surface area contributed by atoms with Crippen molar-refractivity contribution in [2.45, 2.75) is 12.3 Å². The second-order valence-corrected chi connectivity index (χ2v) is 7.91. The van der Waals surface area contributed by atoms with Crippen LogP contribution in [0.1, 0.15) is 23.5 Å². The molecule has 0 aliphatic carbocycles. The number of nitrogens with one attached hydrogen (secondary N) is 2. The number of anilines is 1. The van der Waals surface area contributed by atoms with Gasteiger partial charge in [0, 0.05) is 35.7 Å². The minimum absolute atomic E-state index is 0.0244. The minimum Gasteiger partial charge on any atom is -0.496 e. The van der Waals surface area contributed by atoms with Gasteiger partial charge in [-0.15, -0.1) is 0 Å². The number of methoxy groups -OCH3 is 1. The van der Waals surface area contributed by atoms with Crippen molar-refractivity contribution < 1.29 is 14.3 Å². The lowest BCUT2D eigenvalue weighted by Gasteiger charge is -2.27. The summed E-state index contributed by atoms with van der Waals surface area (Å²) in [5.41, 5.74) is 2.66. The fourth-order valence-electron chi connectivity index (χ4n) is 4.21. The van der Waals surface area contributed by atoms with Gasteiger partial charge in [0.05, 0.1) is 18.5 Å². The van der Waals surface area contributed by atoms with Gasteiger partial charge in [0.15, 0.2) is 0 Å². The van der Waals surface area contributed by atoms with Crippen LogP contribution in [0, 0.1) is 0 Å². The van der Waals surface area contributed by atoms with Gasteiger partial charge in [-0.05, 0) is 30.7 Å². The van der Waals surface area contributed by atoms with Crippen LogP contribution in [-0.2, 0) is 4.79 Å². The maximum Gasteiger partial charge on any atom is 0.232 e. The lowest BCUT2D eigenvalue weighted by atomic mass is 9.87. The number of hydrogen-bond donors (Lipinski definition) is 2. The second kappa shape index (κ2) is 9.20. The van der Waals surface area contributed by atoms with E-state index in [0.717, 1.165) is 51.5 Å². The summed E-state index contributed by atoms with van der Waals surface area (Å²) in [5.74, 6) is 2.59. The molecular weight excluding hydrogens is 414 g/mol. The first-order valence-corrected chi connectivity index (χ1v) is 11.1. The number of benzene rings is 3. The molecule has 0 radical (unpaired) electrons. The number of pyridine rings is 1. The minimum atomic E-state index is -0.384. The van der Waals surface area contributed by atoms with E-state index >= 15 is 0 Å². The van der Waals surface area contributed by atoms with E-state index in [4.69, 9.17) is 9.47 Å². The molecule has 4 aromatic rings. The van der Waals surface area contributed by atoms with E-state index in [-0.39, 0.29) is 11.8 Å². The van der Waals surface area contributed by atoms with Crippen LogP contribution in [0.15, 0.2) is 78.9 Å². The van der Waals surface area contributed by atoms with Crippen LogP contribution in [0.25, 0.3) is 10.9 Å². The van der Waals surface area contributed by atoms with Crippen LogP contribution in [0.2, 0.25) is 0 Å². The topological polar surface area (TPSA) is 72.5 Å². The standard InChI is InChI=1S/C27H25N3O3/c1-32-24-17-25(30-21-12-5-2-9-18(21)24)28-15-8-16-29-27(31)26-19-10-3-6-13-22(19)33-23-14-7-4-11-20(23)26/h2-7,9-14,17,26H,8,15-16H2,1H3,(H,28,30)(H,29,31). The number of ether oxygens (including phenoxy) is 2. The molecule has 2 N–H and O–H groups in total. The van der Waals surface area contributed by atoms with Gasteiger partial charge in [0.25, 0.3) is 0 Å². The van der Waals surface area contributed by atoms with Gasteiger partial charge in [-0.1, -0.05) is 48.5 Å². The zero-order valence-corrected chi connectivity index (χ0v) is 18.4. The predicted molar refractivity (Wildman–Crippen MR) is 129 cm³/mol. The van der Waals surface area contributed by atoms with Crippen LogP contribution in [0.4, 0.5) is 5.82 Å². The van der Waals surface area contributed by atoms with Gasteiger partial charge >= 0.3 is 0 Å². The molecule has 0 bridgehead atoms. The molecule has 6 nitrogen and oxygen atoms in total. The molecule has 5 rings (SSSR count). The number of hydrogen-bond acceptors (Lipinski definition) is 5.